The quantitative estimate of drug-likeness (QED) is 0.775. The molecule has 2 heteroatoms. The molecule has 0 aromatic rings. The number of hydrogen-bond donors (Lipinski definition) is 1. The summed E-state index contributed by atoms with van der Waals surface area (Å²) in [5.41, 5.74) is 0. The zero-order chi connectivity index (χ0) is 11.8. The van der Waals surface area contributed by atoms with Crippen LogP contribution in [-0.4, -0.2) is 36.6 Å². The van der Waals surface area contributed by atoms with E-state index in [4.69, 9.17) is 0 Å². The Morgan fingerprint density at radius 3 is 2.62 bits per heavy atom. The molecule has 0 saturated carbocycles. The molecule has 0 aliphatic carbocycles. The van der Waals surface area contributed by atoms with Gasteiger partial charge in [0.25, 0.3) is 0 Å². The maximum absolute atomic E-state index is 3.72. The molecule has 1 heterocycles. The topological polar surface area (TPSA) is 15.3 Å². The molecular weight excluding hydrogens is 196 g/mol. The number of nitrogens with one attached hydrogen (secondary N) is 1. The molecule has 1 aliphatic rings. The molecule has 0 spiro atoms. The van der Waals surface area contributed by atoms with Crippen LogP contribution in [0, 0.1) is 0 Å². The first-order valence-electron chi connectivity index (χ1n) is 7.21. The average Bonchev–Trinajstić information content (AvgIpc) is 2.20. The highest BCUT2D eigenvalue weighted by Crippen LogP contribution is 2.12. The summed E-state index contributed by atoms with van der Waals surface area (Å²) in [7, 11) is 0. The van der Waals surface area contributed by atoms with E-state index < -0.39 is 0 Å². The maximum Gasteiger partial charge on any atom is 0.0195 e. The van der Waals surface area contributed by atoms with Gasteiger partial charge < -0.3 is 5.32 Å². The number of hydrogen-bond acceptors (Lipinski definition) is 2. The lowest BCUT2D eigenvalue weighted by molar-refractivity contribution is 0.189. The first kappa shape index (κ1) is 14.0. The molecule has 96 valence electrons. The third kappa shape index (κ3) is 5.31. The van der Waals surface area contributed by atoms with E-state index in [1.54, 1.807) is 0 Å². The van der Waals surface area contributed by atoms with Gasteiger partial charge in [-0.05, 0) is 46.2 Å². The number of rotatable bonds is 5. The summed E-state index contributed by atoms with van der Waals surface area (Å²) in [5.74, 6) is 0. The Morgan fingerprint density at radius 1 is 1.19 bits per heavy atom. The minimum absolute atomic E-state index is 0.687. The molecule has 0 radical (unpaired) electrons. The molecule has 2 nitrogen and oxygen atoms in total. The van der Waals surface area contributed by atoms with Gasteiger partial charge >= 0.3 is 0 Å². The summed E-state index contributed by atoms with van der Waals surface area (Å²) < 4.78 is 0. The Bertz CT molecular complexity index is 160. The summed E-state index contributed by atoms with van der Waals surface area (Å²) in [6.07, 6.45) is 8.27. The second-order valence-electron chi connectivity index (χ2n) is 5.44. The standard InChI is InChI=1S/C14H30N2/c1-4-11-16(13(2)3)12-14-9-7-5-6-8-10-15-14/h13-15H,4-12H2,1-3H3. The first-order chi connectivity index (χ1) is 7.74. The van der Waals surface area contributed by atoms with Crippen molar-refractivity contribution in [1.29, 1.82) is 0 Å². The SMILES string of the molecule is CCCN(CC1CCCCCCN1)C(C)C. The van der Waals surface area contributed by atoms with Gasteiger partial charge in [-0.2, -0.15) is 0 Å². The van der Waals surface area contributed by atoms with Crippen LogP contribution < -0.4 is 5.32 Å². The lowest BCUT2D eigenvalue weighted by Crippen LogP contribution is -2.44. The molecule has 0 amide bonds. The van der Waals surface area contributed by atoms with Crippen LogP contribution in [0.2, 0.25) is 0 Å². The fourth-order valence-corrected chi connectivity index (χ4v) is 2.56. The van der Waals surface area contributed by atoms with Crippen LogP contribution in [0.25, 0.3) is 0 Å². The molecule has 1 rings (SSSR count). The van der Waals surface area contributed by atoms with Crippen LogP contribution in [-0.2, 0) is 0 Å². The van der Waals surface area contributed by atoms with Crippen LogP contribution in [0.5, 0.6) is 0 Å². The predicted molar refractivity (Wildman–Crippen MR) is 71.9 cm³/mol. The Kier molecular flexibility index (Phi) is 7.06. The molecule has 16 heavy (non-hydrogen) atoms. The van der Waals surface area contributed by atoms with Crippen molar-refractivity contribution in [2.45, 2.75) is 71.4 Å². The van der Waals surface area contributed by atoms with Gasteiger partial charge in [-0.1, -0.05) is 26.2 Å². The highest BCUT2D eigenvalue weighted by Gasteiger charge is 2.16. The van der Waals surface area contributed by atoms with Gasteiger partial charge in [0.05, 0.1) is 0 Å². The second-order valence-corrected chi connectivity index (χ2v) is 5.44. The van der Waals surface area contributed by atoms with Crippen molar-refractivity contribution in [3.8, 4) is 0 Å². The molecule has 1 fully saturated rings. The zero-order valence-corrected chi connectivity index (χ0v) is 11.5. The molecule has 0 aromatic heterocycles. The summed E-state index contributed by atoms with van der Waals surface area (Å²) >= 11 is 0. The minimum atomic E-state index is 0.687. The van der Waals surface area contributed by atoms with Gasteiger partial charge in [0, 0.05) is 18.6 Å². The van der Waals surface area contributed by atoms with E-state index in [2.05, 4.69) is 31.0 Å². The fourth-order valence-electron chi connectivity index (χ4n) is 2.56. The van der Waals surface area contributed by atoms with Crippen LogP contribution in [0.4, 0.5) is 0 Å². The molecule has 1 N–H and O–H groups in total. The summed E-state index contributed by atoms with van der Waals surface area (Å²) in [5, 5.41) is 3.72. The van der Waals surface area contributed by atoms with Crippen molar-refractivity contribution < 1.29 is 0 Å². The van der Waals surface area contributed by atoms with Crippen molar-refractivity contribution in [2.24, 2.45) is 0 Å². The molecular formula is C14H30N2. The Balaban J connectivity index is 2.35. The third-order valence-electron chi connectivity index (χ3n) is 3.61. The molecule has 1 unspecified atom stereocenters. The lowest BCUT2D eigenvalue weighted by Gasteiger charge is -2.31. The monoisotopic (exact) mass is 226 g/mol. The van der Waals surface area contributed by atoms with Crippen molar-refractivity contribution in [3.63, 3.8) is 0 Å². The molecule has 1 saturated heterocycles. The normalized spacial score (nSPS) is 23.4. The summed E-state index contributed by atoms with van der Waals surface area (Å²) in [4.78, 5) is 2.62. The summed E-state index contributed by atoms with van der Waals surface area (Å²) in [6.45, 7) is 10.6. The van der Waals surface area contributed by atoms with Crippen molar-refractivity contribution >= 4 is 0 Å². The van der Waals surface area contributed by atoms with Crippen LogP contribution in [0.3, 0.4) is 0 Å². The van der Waals surface area contributed by atoms with E-state index >= 15 is 0 Å². The Morgan fingerprint density at radius 2 is 1.94 bits per heavy atom. The largest absolute Gasteiger partial charge is 0.313 e. The molecule has 0 bridgehead atoms. The molecule has 0 aromatic carbocycles. The van der Waals surface area contributed by atoms with Crippen molar-refractivity contribution in [2.75, 3.05) is 19.6 Å². The third-order valence-corrected chi connectivity index (χ3v) is 3.61. The van der Waals surface area contributed by atoms with E-state index in [1.807, 2.05) is 0 Å². The van der Waals surface area contributed by atoms with Crippen LogP contribution in [0.15, 0.2) is 0 Å². The smallest absolute Gasteiger partial charge is 0.0195 e. The maximum atomic E-state index is 3.72. The van der Waals surface area contributed by atoms with Crippen molar-refractivity contribution in [3.05, 3.63) is 0 Å². The van der Waals surface area contributed by atoms with E-state index in [0.29, 0.717) is 6.04 Å². The van der Waals surface area contributed by atoms with Gasteiger partial charge in [0.1, 0.15) is 0 Å². The minimum Gasteiger partial charge on any atom is -0.313 e. The Labute approximate surface area is 102 Å². The molecule has 1 atom stereocenters. The second kappa shape index (κ2) is 8.08. The van der Waals surface area contributed by atoms with E-state index in [-0.39, 0.29) is 0 Å². The van der Waals surface area contributed by atoms with Gasteiger partial charge in [-0.25, -0.2) is 0 Å². The first-order valence-corrected chi connectivity index (χ1v) is 7.21. The summed E-state index contributed by atoms with van der Waals surface area (Å²) in [6, 6.07) is 1.42. The van der Waals surface area contributed by atoms with E-state index in [0.717, 1.165) is 6.04 Å². The van der Waals surface area contributed by atoms with E-state index in [9.17, 15) is 0 Å². The lowest BCUT2D eigenvalue weighted by atomic mass is 10.0. The van der Waals surface area contributed by atoms with Gasteiger partial charge in [-0.3, -0.25) is 4.90 Å². The zero-order valence-electron chi connectivity index (χ0n) is 11.5. The van der Waals surface area contributed by atoms with Crippen molar-refractivity contribution in [1.82, 2.24) is 10.2 Å². The Hall–Kier alpha value is -0.0800. The average molecular weight is 226 g/mol. The van der Waals surface area contributed by atoms with E-state index in [1.165, 1.54) is 58.2 Å². The van der Waals surface area contributed by atoms with Crippen LogP contribution >= 0.6 is 0 Å². The van der Waals surface area contributed by atoms with Gasteiger partial charge in [-0.15, -0.1) is 0 Å². The number of nitrogens with zero attached hydrogens (tertiary/aromatic N) is 1. The fraction of sp³-hybridized carbons (Fsp3) is 1.00. The van der Waals surface area contributed by atoms with Gasteiger partial charge in [0.2, 0.25) is 0 Å². The predicted octanol–water partition coefficient (Wildman–Crippen LogP) is 3.03. The highest BCUT2D eigenvalue weighted by atomic mass is 15.2. The molecule has 1 aliphatic heterocycles. The van der Waals surface area contributed by atoms with Crippen LogP contribution in [0.1, 0.15) is 59.3 Å². The highest BCUT2D eigenvalue weighted by molar-refractivity contribution is 4.75. The van der Waals surface area contributed by atoms with Gasteiger partial charge in [0.15, 0.2) is 0 Å².